The van der Waals surface area contributed by atoms with Crippen LogP contribution in [0.15, 0.2) is 57.9 Å². The highest BCUT2D eigenvalue weighted by Crippen LogP contribution is 2.39. The van der Waals surface area contributed by atoms with Crippen molar-refractivity contribution in [2.45, 2.75) is 19.4 Å². The summed E-state index contributed by atoms with van der Waals surface area (Å²) in [6, 6.07) is 14.4. The fraction of sp³-hybridized carbons (Fsp3) is 0.150. The average Bonchev–Trinajstić information content (AvgIpc) is 2.94. The Kier molecular flexibility index (Phi) is 6.53. The second-order valence-electron chi connectivity index (χ2n) is 5.86. The summed E-state index contributed by atoms with van der Waals surface area (Å²) in [7, 11) is 0. The highest BCUT2D eigenvalue weighted by atomic mass is 79.9. The van der Waals surface area contributed by atoms with E-state index in [1.165, 1.54) is 16.7 Å². The van der Waals surface area contributed by atoms with Crippen LogP contribution in [0, 0.1) is 0 Å². The summed E-state index contributed by atoms with van der Waals surface area (Å²) in [5, 5.41) is 9.25. The van der Waals surface area contributed by atoms with Crippen LogP contribution in [0.2, 0.25) is 0 Å². The maximum atomic E-state index is 13.0. The number of halogens is 1. The predicted octanol–water partition coefficient (Wildman–Crippen LogP) is 5.10. The summed E-state index contributed by atoms with van der Waals surface area (Å²) in [5.41, 5.74) is 1.30. The van der Waals surface area contributed by atoms with Crippen LogP contribution in [0.25, 0.3) is 6.08 Å². The normalized spacial score (nSPS) is 16.5. The van der Waals surface area contributed by atoms with E-state index in [9.17, 15) is 14.7 Å². The number of para-hydroxylation sites is 2. The van der Waals surface area contributed by atoms with Gasteiger partial charge in [0.05, 0.1) is 10.6 Å². The van der Waals surface area contributed by atoms with Crippen LogP contribution in [0.1, 0.15) is 18.9 Å². The first-order valence-corrected chi connectivity index (χ1v) is 10.4. The van der Waals surface area contributed by atoms with Crippen LogP contribution in [0.4, 0.5) is 5.69 Å². The van der Waals surface area contributed by atoms with Crippen molar-refractivity contribution in [1.29, 1.82) is 0 Å². The molecule has 8 heteroatoms. The summed E-state index contributed by atoms with van der Waals surface area (Å²) >= 11 is 10.1. The van der Waals surface area contributed by atoms with Crippen LogP contribution in [0.3, 0.4) is 0 Å². The van der Waals surface area contributed by atoms with Crippen molar-refractivity contribution in [1.82, 2.24) is 0 Å². The second kappa shape index (κ2) is 8.89. The number of benzene rings is 2. The third-order valence-electron chi connectivity index (χ3n) is 4.01. The van der Waals surface area contributed by atoms with Gasteiger partial charge in [0.15, 0.2) is 10.4 Å². The minimum absolute atomic E-state index is 0.234. The van der Waals surface area contributed by atoms with Crippen LogP contribution >= 0.6 is 39.9 Å². The average molecular weight is 478 g/mol. The van der Waals surface area contributed by atoms with Crippen molar-refractivity contribution in [2.75, 3.05) is 4.90 Å². The first kappa shape index (κ1) is 20.6. The number of thiocarbonyl (C=S) groups is 1. The Balaban J connectivity index is 1.93. The van der Waals surface area contributed by atoms with E-state index < -0.39 is 12.1 Å². The number of carboxylic acids is 1. The zero-order valence-corrected chi connectivity index (χ0v) is 18.0. The van der Waals surface area contributed by atoms with Gasteiger partial charge in [-0.25, -0.2) is 4.79 Å². The Hall–Kier alpha value is -2.16. The largest absolute Gasteiger partial charge is 0.479 e. The van der Waals surface area contributed by atoms with E-state index in [0.29, 0.717) is 32.6 Å². The lowest BCUT2D eigenvalue weighted by atomic mass is 10.1. The Morgan fingerprint density at radius 2 is 1.96 bits per heavy atom. The molecular formula is C20H16BrNO4S2. The minimum atomic E-state index is -1.03. The molecule has 3 rings (SSSR count). The zero-order chi connectivity index (χ0) is 20.3. The van der Waals surface area contributed by atoms with E-state index in [1.54, 1.807) is 37.3 Å². The molecule has 1 saturated heterocycles. The monoisotopic (exact) mass is 477 g/mol. The molecular weight excluding hydrogens is 462 g/mol. The molecule has 28 heavy (non-hydrogen) atoms. The number of thioether (sulfide) groups is 1. The Morgan fingerprint density at radius 3 is 2.64 bits per heavy atom. The predicted molar refractivity (Wildman–Crippen MR) is 119 cm³/mol. The summed E-state index contributed by atoms with van der Waals surface area (Å²) in [6.45, 7) is 1.74. The number of rotatable bonds is 6. The molecule has 1 N–H and O–H groups in total. The number of hydrogen-bond donors (Lipinski definition) is 1. The quantitative estimate of drug-likeness (QED) is 0.461. The standard InChI is InChI=1S/C20H16BrNO4S2/c1-2-15(19(24)25)26-16-10-6-3-7-12(16)11-17-18(23)22(20(27)28-17)14-9-5-4-8-13(14)21/h3-11,15H,2H2,1H3,(H,24,25)/b17-11+. The van der Waals surface area contributed by atoms with Crippen molar-refractivity contribution in [3.8, 4) is 5.75 Å². The van der Waals surface area contributed by atoms with Crippen LogP contribution < -0.4 is 9.64 Å². The van der Waals surface area contributed by atoms with E-state index in [2.05, 4.69) is 15.9 Å². The first-order valence-electron chi connectivity index (χ1n) is 8.43. The molecule has 1 amide bonds. The number of anilines is 1. The van der Waals surface area contributed by atoms with Gasteiger partial charge in [0, 0.05) is 10.0 Å². The number of carboxylic acid groups (broad SMARTS) is 1. The van der Waals surface area contributed by atoms with Crippen LogP contribution in [0.5, 0.6) is 5.75 Å². The van der Waals surface area contributed by atoms with Gasteiger partial charge in [-0.3, -0.25) is 9.69 Å². The Labute approximate surface area is 180 Å². The molecule has 2 aromatic carbocycles. The molecule has 0 bridgehead atoms. The number of amides is 1. The molecule has 1 heterocycles. The zero-order valence-electron chi connectivity index (χ0n) is 14.8. The molecule has 0 aromatic heterocycles. The van der Waals surface area contributed by atoms with Gasteiger partial charge in [-0.05, 0) is 46.6 Å². The molecule has 5 nitrogen and oxygen atoms in total. The van der Waals surface area contributed by atoms with E-state index in [1.807, 2.05) is 24.3 Å². The number of ether oxygens (including phenoxy) is 1. The lowest BCUT2D eigenvalue weighted by molar-refractivity contribution is -0.145. The van der Waals surface area contributed by atoms with Crippen molar-refractivity contribution in [3.05, 3.63) is 63.5 Å². The van der Waals surface area contributed by atoms with Crippen molar-refractivity contribution < 1.29 is 19.4 Å². The van der Waals surface area contributed by atoms with Crippen molar-refractivity contribution in [2.24, 2.45) is 0 Å². The fourth-order valence-corrected chi connectivity index (χ4v) is 4.36. The summed E-state index contributed by atoms with van der Waals surface area (Å²) in [5.74, 6) is -0.859. The summed E-state index contributed by atoms with van der Waals surface area (Å²) in [6.07, 6.45) is 1.05. The molecule has 144 valence electrons. The molecule has 1 unspecified atom stereocenters. The molecule has 0 spiro atoms. The molecule has 1 aliphatic heterocycles. The summed E-state index contributed by atoms with van der Waals surface area (Å²) < 4.78 is 6.84. The number of carbonyl (C=O) groups is 2. The van der Waals surface area contributed by atoms with Crippen molar-refractivity contribution >= 4 is 67.9 Å². The van der Waals surface area contributed by atoms with E-state index >= 15 is 0 Å². The van der Waals surface area contributed by atoms with Crippen molar-refractivity contribution in [3.63, 3.8) is 0 Å². The third kappa shape index (κ3) is 4.29. The molecule has 1 atom stereocenters. The number of nitrogens with zero attached hydrogens (tertiary/aromatic N) is 1. The molecule has 0 saturated carbocycles. The topological polar surface area (TPSA) is 66.8 Å². The van der Waals surface area contributed by atoms with Gasteiger partial charge in [-0.1, -0.05) is 61.2 Å². The lowest BCUT2D eigenvalue weighted by Gasteiger charge is -2.16. The van der Waals surface area contributed by atoms with Crippen LogP contribution in [-0.2, 0) is 9.59 Å². The van der Waals surface area contributed by atoms with Gasteiger partial charge in [0.1, 0.15) is 5.75 Å². The van der Waals surface area contributed by atoms with Gasteiger partial charge in [-0.15, -0.1) is 0 Å². The maximum absolute atomic E-state index is 13.0. The molecule has 1 fully saturated rings. The molecule has 0 radical (unpaired) electrons. The minimum Gasteiger partial charge on any atom is -0.479 e. The van der Waals surface area contributed by atoms with Gasteiger partial charge in [-0.2, -0.15) is 0 Å². The number of carbonyl (C=O) groups excluding carboxylic acids is 1. The maximum Gasteiger partial charge on any atom is 0.344 e. The Bertz CT molecular complexity index is 976. The number of hydrogen-bond acceptors (Lipinski definition) is 5. The SMILES string of the molecule is CCC(Oc1ccccc1/C=C1/SC(=S)N(c2ccccc2Br)C1=O)C(=O)O. The van der Waals surface area contributed by atoms with E-state index in [4.69, 9.17) is 17.0 Å². The lowest BCUT2D eigenvalue weighted by Crippen LogP contribution is -2.27. The van der Waals surface area contributed by atoms with E-state index in [0.717, 1.165) is 4.47 Å². The van der Waals surface area contributed by atoms with Gasteiger partial charge in [0.25, 0.3) is 5.91 Å². The first-order chi connectivity index (χ1) is 13.4. The molecule has 1 aliphatic rings. The third-order valence-corrected chi connectivity index (χ3v) is 5.98. The van der Waals surface area contributed by atoms with E-state index in [-0.39, 0.29) is 5.91 Å². The number of aliphatic carboxylic acids is 1. The second-order valence-corrected chi connectivity index (χ2v) is 8.39. The highest BCUT2D eigenvalue weighted by molar-refractivity contribution is 9.10. The molecule has 0 aliphatic carbocycles. The van der Waals surface area contributed by atoms with Crippen LogP contribution in [-0.4, -0.2) is 27.4 Å². The Morgan fingerprint density at radius 1 is 1.29 bits per heavy atom. The summed E-state index contributed by atoms with van der Waals surface area (Å²) in [4.78, 5) is 26.2. The molecule has 2 aromatic rings. The highest BCUT2D eigenvalue weighted by Gasteiger charge is 2.34. The smallest absolute Gasteiger partial charge is 0.344 e. The van der Waals surface area contributed by atoms with Gasteiger partial charge >= 0.3 is 5.97 Å². The fourth-order valence-electron chi connectivity index (χ4n) is 2.62. The van der Waals surface area contributed by atoms with Gasteiger partial charge < -0.3 is 9.84 Å². The van der Waals surface area contributed by atoms with Gasteiger partial charge in [0.2, 0.25) is 0 Å².